The number of carbonyl (C=O) groups excluding carboxylic acids is 1. The van der Waals surface area contributed by atoms with Crippen LogP contribution in [0.1, 0.15) is 22.7 Å². The first-order valence-corrected chi connectivity index (χ1v) is 6.68. The highest BCUT2D eigenvalue weighted by atomic mass is 32.1. The van der Waals surface area contributed by atoms with Crippen molar-refractivity contribution in [1.29, 1.82) is 0 Å². The van der Waals surface area contributed by atoms with E-state index in [1.165, 1.54) is 7.11 Å². The summed E-state index contributed by atoms with van der Waals surface area (Å²) in [5, 5.41) is 0.892. The molecule has 0 aromatic carbocycles. The lowest BCUT2D eigenvalue weighted by molar-refractivity contribution is -0.143. The third kappa shape index (κ3) is 1.58. The second kappa shape index (κ2) is 3.95. The Bertz CT molecular complexity index is 582. The highest BCUT2D eigenvalue weighted by Gasteiger charge is 2.55. The molecule has 2 aromatic rings. The topological polar surface area (TPSA) is 55.0 Å². The van der Waals surface area contributed by atoms with Crippen LogP contribution in [0.4, 0.5) is 0 Å². The zero-order chi connectivity index (χ0) is 12.8. The van der Waals surface area contributed by atoms with Crippen LogP contribution in [0.15, 0.2) is 18.5 Å². The van der Waals surface area contributed by atoms with E-state index in [0.29, 0.717) is 0 Å². The van der Waals surface area contributed by atoms with E-state index in [9.17, 15) is 4.79 Å². The summed E-state index contributed by atoms with van der Waals surface area (Å²) in [6.45, 7) is 2.04. The Hall–Kier alpha value is -1.62. The van der Waals surface area contributed by atoms with Gasteiger partial charge in [-0.25, -0.2) is 4.98 Å². The minimum Gasteiger partial charge on any atom is -0.468 e. The first-order chi connectivity index (χ1) is 8.67. The molecule has 5 heteroatoms. The zero-order valence-electron chi connectivity index (χ0n) is 10.3. The van der Waals surface area contributed by atoms with Gasteiger partial charge in [0.2, 0.25) is 0 Å². The number of aromatic nitrogens is 2. The number of ether oxygens (including phenoxy) is 1. The molecule has 2 aromatic heterocycles. The summed E-state index contributed by atoms with van der Waals surface area (Å²) < 4.78 is 4.89. The number of carbonyl (C=O) groups is 1. The Morgan fingerprint density at radius 3 is 2.89 bits per heavy atom. The highest BCUT2D eigenvalue weighted by Crippen LogP contribution is 2.51. The molecule has 18 heavy (non-hydrogen) atoms. The van der Waals surface area contributed by atoms with E-state index in [2.05, 4.69) is 9.97 Å². The molecule has 0 unspecified atom stereocenters. The number of thiazole rings is 1. The van der Waals surface area contributed by atoms with E-state index in [1.807, 2.05) is 25.4 Å². The lowest BCUT2D eigenvalue weighted by Crippen LogP contribution is -2.21. The van der Waals surface area contributed by atoms with Crippen LogP contribution in [0.5, 0.6) is 0 Å². The number of esters is 1. The van der Waals surface area contributed by atoms with E-state index < -0.39 is 5.41 Å². The van der Waals surface area contributed by atoms with Gasteiger partial charge in [-0.1, -0.05) is 0 Å². The van der Waals surface area contributed by atoms with Gasteiger partial charge in [-0.3, -0.25) is 4.79 Å². The second-order valence-electron chi connectivity index (χ2n) is 4.60. The number of nitrogens with one attached hydrogen (secondary N) is 1. The quantitative estimate of drug-likeness (QED) is 0.865. The summed E-state index contributed by atoms with van der Waals surface area (Å²) >= 11 is 1.60. The lowest BCUT2D eigenvalue weighted by Gasteiger charge is -2.08. The number of hydrogen-bond acceptors (Lipinski definition) is 4. The number of rotatable bonds is 3. The van der Waals surface area contributed by atoms with Crippen molar-refractivity contribution in [3.63, 3.8) is 0 Å². The van der Waals surface area contributed by atoms with E-state index in [0.717, 1.165) is 34.0 Å². The van der Waals surface area contributed by atoms with Crippen LogP contribution in [-0.2, 0) is 14.9 Å². The van der Waals surface area contributed by atoms with Crippen molar-refractivity contribution in [3.8, 4) is 11.3 Å². The van der Waals surface area contributed by atoms with Crippen molar-refractivity contribution in [2.24, 2.45) is 0 Å². The molecule has 0 aliphatic heterocycles. The fourth-order valence-corrected chi connectivity index (χ4v) is 3.34. The average molecular weight is 262 g/mol. The van der Waals surface area contributed by atoms with Crippen molar-refractivity contribution < 1.29 is 9.53 Å². The summed E-state index contributed by atoms with van der Waals surface area (Å²) in [7, 11) is 1.44. The van der Waals surface area contributed by atoms with Crippen molar-refractivity contribution in [3.05, 3.63) is 28.3 Å². The van der Waals surface area contributed by atoms with Crippen LogP contribution < -0.4 is 0 Å². The van der Waals surface area contributed by atoms with Crippen molar-refractivity contribution in [2.75, 3.05) is 7.11 Å². The SMILES string of the molecule is COC(=O)C1(c2nc(-c3cc[nH]c3)c(C)s2)CC1. The number of aryl methyl sites for hydroxylation is 1. The molecule has 1 aliphatic carbocycles. The van der Waals surface area contributed by atoms with E-state index in [4.69, 9.17) is 4.74 Å². The molecule has 0 spiro atoms. The normalized spacial score (nSPS) is 16.6. The maximum absolute atomic E-state index is 11.8. The molecule has 1 saturated carbocycles. The summed E-state index contributed by atoms with van der Waals surface area (Å²) in [6, 6.07) is 1.99. The number of nitrogens with zero attached hydrogens (tertiary/aromatic N) is 1. The van der Waals surface area contributed by atoms with Gasteiger partial charge in [-0.2, -0.15) is 0 Å². The molecule has 1 fully saturated rings. The average Bonchev–Trinajstić information content (AvgIpc) is 2.83. The second-order valence-corrected chi connectivity index (χ2v) is 5.80. The molecule has 1 N–H and O–H groups in total. The first-order valence-electron chi connectivity index (χ1n) is 5.87. The van der Waals surface area contributed by atoms with Gasteiger partial charge in [0.1, 0.15) is 10.4 Å². The summed E-state index contributed by atoms with van der Waals surface area (Å²) in [4.78, 5) is 20.7. The minimum atomic E-state index is -0.460. The largest absolute Gasteiger partial charge is 0.468 e. The van der Waals surface area contributed by atoms with Crippen LogP contribution >= 0.6 is 11.3 Å². The molecule has 4 nitrogen and oxygen atoms in total. The molecule has 0 saturated heterocycles. The Labute approximate surface area is 109 Å². The molecule has 0 radical (unpaired) electrons. The van der Waals surface area contributed by atoms with E-state index >= 15 is 0 Å². The van der Waals surface area contributed by atoms with Crippen LogP contribution in [0.2, 0.25) is 0 Å². The fraction of sp³-hybridized carbons (Fsp3) is 0.385. The third-order valence-corrected chi connectivity index (χ3v) is 4.58. The molecule has 0 bridgehead atoms. The van der Waals surface area contributed by atoms with Crippen LogP contribution in [0.25, 0.3) is 11.3 Å². The predicted molar refractivity (Wildman–Crippen MR) is 69.6 cm³/mol. The summed E-state index contributed by atoms with van der Waals surface area (Å²) in [5.41, 5.74) is 1.57. The Morgan fingerprint density at radius 2 is 2.33 bits per heavy atom. The maximum Gasteiger partial charge on any atom is 0.318 e. The summed E-state index contributed by atoms with van der Waals surface area (Å²) in [5.74, 6) is -0.156. The van der Waals surface area contributed by atoms with Gasteiger partial charge < -0.3 is 9.72 Å². The van der Waals surface area contributed by atoms with Gasteiger partial charge in [-0.15, -0.1) is 11.3 Å². The number of hydrogen-bond donors (Lipinski definition) is 1. The predicted octanol–water partition coefficient (Wildman–Crippen LogP) is 2.65. The smallest absolute Gasteiger partial charge is 0.318 e. The molecule has 0 amide bonds. The van der Waals surface area contributed by atoms with Crippen molar-refractivity contribution in [2.45, 2.75) is 25.2 Å². The maximum atomic E-state index is 11.8. The molecular weight excluding hydrogens is 248 g/mol. The van der Waals surface area contributed by atoms with Crippen molar-refractivity contribution >= 4 is 17.3 Å². The fourth-order valence-electron chi connectivity index (χ4n) is 2.17. The van der Waals surface area contributed by atoms with Gasteiger partial charge in [0, 0.05) is 22.8 Å². The van der Waals surface area contributed by atoms with E-state index in [1.54, 1.807) is 11.3 Å². The molecule has 2 heterocycles. The molecule has 0 atom stereocenters. The Morgan fingerprint density at radius 1 is 1.56 bits per heavy atom. The third-order valence-electron chi connectivity index (χ3n) is 3.40. The van der Waals surface area contributed by atoms with Crippen LogP contribution in [0.3, 0.4) is 0 Å². The standard InChI is InChI=1S/C13H14N2O2S/c1-8-10(9-3-6-14-7-9)15-11(18-8)13(4-5-13)12(16)17-2/h3,6-7,14H,4-5H2,1-2H3. The van der Waals surface area contributed by atoms with Gasteiger partial charge in [0.15, 0.2) is 0 Å². The molecule has 94 valence electrons. The molecular formula is C13H14N2O2S. The van der Waals surface area contributed by atoms with Crippen LogP contribution in [-0.4, -0.2) is 23.0 Å². The van der Waals surface area contributed by atoms with Gasteiger partial charge in [0.25, 0.3) is 0 Å². The Balaban J connectivity index is 2.01. The lowest BCUT2D eigenvalue weighted by atomic mass is 10.1. The van der Waals surface area contributed by atoms with Gasteiger partial charge in [-0.05, 0) is 25.8 Å². The Kier molecular flexibility index (Phi) is 2.52. The van der Waals surface area contributed by atoms with Crippen LogP contribution in [0, 0.1) is 6.92 Å². The van der Waals surface area contributed by atoms with E-state index in [-0.39, 0.29) is 5.97 Å². The molecule has 3 rings (SSSR count). The van der Waals surface area contributed by atoms with Crippen molar-refractivity contribution in [1.82, 2.24) is 9.97 Å². The minimum absolute atomic E-state index is 0.156. The van der Waals surface area contributed by atoms with Gasteiger partial charge in [0.05, 0.1) is 12.8 Å². The van der Waals surface area contributed by atoms with Gasteiger partial charge >= 0.3 is 5.97 Å². The first kappa shape index (κ1) is 11.5. The number of H-pyrrole nitrogens is 1. The summed E-state index contributed by atoms with van der Waals surface area (Å²) in [6.07, 6.45) is 5.49. The zero-order valence-corrected chi connectivity index (χ0v) is 11.1. The molecule has 1 aliphatic rings. The monoisotopic (exact) mass is 262 g/mol. The number of aromatic amines is 1. The number of methoxy groups -OCH3 is 1. The highest BCUT2D eigenvalue weighted by molar-refractivity contribution is 7.12.